The highest BCUT2D eigenvalue weighted by Crippen LogP contribution is 2.59. The lowest BCUT2D eigenvalue weighted by molar-refractivity contribution is -0.0614. The Morgan fingerprint density at radius 2 is 2.19 bits per heavy atom. The van der Waals surface area contributed by atoms with E-state index in [4.69, 9.17) is 19.2 Å². The van der Waals surface area contributed by atoms with E-state index in [0.29, 0.717) is 19.0 Å². The van der Waals surface area contributed by atoms with Crippen molar-refractivity contribution in [1.82, 2.24) is 14.4 Å². The molecule has 0 amide bonds. The van der Waals surface area contributed by atoms with Crippen LogP contribution in [0.5, 0.6) is 5.88 Å². The summed E-state index contributed by atoms with van der Waals surface area (Å²) in [4.78, 5) is 20.9. The lowest BCUT2D eigenvalue weighted by Crippen LogP contribution is -2.50. The molecule has 4 fully saturated rings. The van der Waals surface area contributed by atoms with Gasteiger partial charge >= 0.3 is 5.97 Å². The van der Waals surface area contributed by atoms with Crippen molar-refractivity contribution >= 4 is 11.7 Å². The standard InChI is InChI=1S/C19H23N3O5/c1-11-14(18-7-19(8-18,10-25-2)26-9-18)20-17-21-15(27-12-4-3-5-12)13(16(23)24)6-22(11)17/h6,12H,3-5,7-10H2,1-2H3,(H,23,24). The maximum Gasteiger partial charge on any atom is 0.342 e. The van der Waals surface area contributed by atoms with E-state index in [1.807, 2.05) is 6.92 Å². The van der Waals surface area contributed by atoms with Crippen LogP contribution in [-0.2, 0) is 14.9 Å². The Morgan fingerprint density at radius 3 is 2.81 bits per heavy atom. The number of carboxylic acids is 1. The minimum absolute atomic E-state index is 0.0525. The number of ether oxygens (including phenoxy) is 3. The zero-order valence-corrected chi connectivity index (χ0v) is 15.5. The van der Waals surface area contributed by atoms with Crippen LogP contribution in [0.2, 0.25) is 0 Å². The Labute approximate surface area is 156 Å². The first-order valence-corrected chi connectivity index (χ1v) is 9.38. The molecule has 27 heavy (non-hydrogen) atoms. The third-order valence-electron chi connectivity index (χ3n) is 6.27. The van der Waals surface area contributed by atoms with Crippen LogP contribution in [0.25, 0.3) is 5.78 Å². The van der Waals surface area contributed by atoms with Crippen molar-refractivity contribution in [2.45, 2.75) is 56.1 Å². The van der Waals surface area contributed by atoms with Crippen molar-refractivity contribution in [3.63, 3.8) is 0 Å². The van der Waals surface area contributed by atoms with E-state index in [2.05, 4.69) is 4.98 Å². The van der Waals surface area contributed by atoms with Crippen LogP contribution in [0.3, 0.4) is 0 Å². The zero-order valence-electron chi connectivity index (χ0n) is 15.5. The number of imidazole rings is 1. The number of aromatic carboxylic acids is 1. The Kier molecular flexibility index (Phi) is 3.55. The number of rotatable bonds is 6. The number of aromatic nitrogens is 3. The Balaban J connectivity index is 1.54. The SMILES string of the molecule is COCC12CC(c3nc4nc(OC5CCC5)c(C(=O)O)cn4c3C)(CO1)C2. The summed E-state index contributed by atoms with van der Waals surface area (Å²) in [5.74, 6) is -0.399. The highest BCUT2D eigenvalue weighted by Gasteiger charge is 2.64. The number of hydrogen-bond acceptors (Lipinski definition) is 6. The second kappa shape index (κ2) is 5.65. The van der Waals surface area contributed by atoms with E-state index >= 15 is 0 Å². The van der Waals surface area contributed by atoms with Crippen LogP contribution in [0.15, 0.2) is 6.20 Å². The Hall–Kier alpha value is -2.19. The molecule has 2 saturated heterocycles. The predicted molar refractivity (Wildman–Crippen MR) is 94.4 cm³/mol. The van der Waals surface area contributed by atoms with Gasteiger partial charge in [-0.15, -0.1) is 0 Å². The van der Waals surface area contributed by atoms with Gasteiger partial charge in [-0.25, -0.2) is 9.78 Å². The van der Waals surface area contributed by atoms with Crippen LogP contribution in [0, 0.1) is 6.92 Å². The summed E-state index contributed by atoms with van der Waals surface area (Å²) in [6.07, 6.45) is 6.35. The first-order chi connectivity index (χ1) is 13.0. The smallest absolute Gasteiger partial charge is 0.342 e. The predicted octanol–water partition coefficient (Wildman–Crippen LogP) is 2.11. The fourth-order valence-corrected chi connectivity index (χ4v) is 4.77. The fraction of sp³-hybridized carbons (Fsp3) is 0.632. The molecule has 4 aliphatic rings. The van der Waals surface area contributed by atoms with Gasteiger partial charge in [0, 0.05) is 24.4 Å². The van der Waals surface area contributed by atoms with Gasteiger partial charge in [0.1, 0.15) is 11.7 Å². The lowest BCUT2D eigenvalue weighted by atomic mass is 9.61. The number of hydrogen-bond donors (Lipinski definition) is 1. The molecule has 2 aliphatic heterocycles. The molecule has 4 heterocycles. The molecule has 2 aliphatic carbocycles. The minimum atomic E-state index is -1.04. The second-order valence-electron chi connectivity index (χ2n) is 8.19. The number of carboxylic acid groups (broad SMARTS) is 1. The average Bonchev–Trinajstić information content (AvgIpc) is 3.20. The maximum absolute atomic E-state index is 11.7. The summed E-state index contributed by atoms with van der Waals surface area (Å²) >= 11 is 0. The number of fused-ring (bicyclic) bond motifs is 2. The molecule has 2 aromatic heterocycles. The summed E-state index contributed by atoms with van der Waals surface area (Å²) in [6, 6.07) is 0. The molecule has 8 heteroatoms. The highest BCUT2D eigenvalue weighted by atomic mass is 16.5. The van der Waals surface area contributed by atoms with Crippen LogP contribution < -0.4 is 4.74 Å². The third kappa shape index (κ3) is 2.39. The van der Waals surface area contributed by atoms with Crippen molar-refractivity contribution in [2.24, 2.45) is 0 Å². The van der Waals surface area contributed by atoms with Crippen LogP contribution in [-0.4, -0.2) is 57.5 Å². The molecule has 144 valence electrons. The van der Waals surface area contributed by atoms with E-state index in [-0.39, 0.29) is 28.6 Å². The molecule has 0 atom stereocenters. The molecule has 2 saturated carbocycles. The third-order valence-corrected chi connectivity index (χ3v) is 6.27. The Morgan fingerprint density at radius 1 is 1.41 bits per heavy atom. The molecule has 0 unspecified atom stereocenters. The summed E-state index contributed by atoms with van der Waals surface area (Å²) in [6.45, 7) is 3.15. The van der Waals surface area contributed by atoms with E-state index in [1.165, 1.54) is 0 Å². The lowest BCUT2D eigenvalue weighted by Gasteiger charge is -2.43. The van der Waals surface area contributed by atoms with E-state index in [9.17, 15) is 9.90 Å². The van der Waals surface area contributed by atoms with Gasteiger partial charge < -0.3 is 19.3 Å². The normalized spacial score (nSPS) is 29.6. The Bertz CT molecular complexity index is 927. The molecule has 2 bridgehead atoms. The summed E-state index contributed by atoms with van der Waals surface area (Å²) in [7, 11) is 1.69. The molecular formula is C19H23N3O5. The molecule has 0 spiro atoms. The largest absolute Gasteiger partial charge is 0.477 e. The first-order valence-electron chi connectivity index (χ1n) is 9.38. The quantitative estimate of drug-likeness (QED) is 0.828. The monoisotopic (exact) mass is 373 g/mol. The molecule has 2 aromatic rings. The highest BCUT2D eigenvalue weighted by molar-refractivity contribution is 5.90. The van der Waals surface area contributed by atoms with Crippen LogP contribution in [0.1, 0.15) is 53.8 Å². The van der Waals surface area contributed by atoms with Crippen molar-refractivity contribution in [2.75, 3.05) is 20.3 Å². The maximum atomic E-state index is 11.7. The van der Waals surface area contributed by atoms with E-state index in [1.54, 1.807) is 17.7 Å². The number of nitrogens with zero attached hydrogens (tertiary/aromatic N) is 3. The summed E-state index contributed by atoms with van der Waals surface area (Å²) in [5.41, 5.74) is 1.59. The average molecular weight is 373 g/mol. The first kappa shape index (κ1) is 16.9. The van der Waals surface area contributed by atoms with Gasteiger partial charge in [-0.05, 0) is 39.0 Å². The molecule has 0 radical (unpaired) electrons. The van der Waals surface area contributed by atoms with E-state index < -0.39 is 5.97 Å². The van der Waals surface area contributed by atoms with Gasteiger partial charge in [-0.2, -0.15) is 4.98 Å². The number of carbonyl (C=O) groups is 1. The van der Waals surface area contributed by atoms with Crippen LogP contribution in [0.4, 0.5) is 0 Å². The van der Waals surface area contributed by atoms with Crippen molar-refractivity contribution in [1.29, 1.82) is 0 Å². The summed E-state index contributed by atoms with van der Waals surface area (Å²) in [5, 5.41) is 9.60. The van der Waals surface area contributed by atoms with Crippen molar-refractivity contribution in [3.8, 4) is 5.88 Å². The number of methoxy groups -OCH3 is 1. The molecule has 8 nitrogen and oxygen atoms in total. The topological polar surface area (TPSA) is 95.2 Å². The molecule has 6 rings (SSSR count). The zero-order chi connectivity index (χ0) is 18.8. The minimum Gasteiger partial charge on any atom is -0.477 e. The molecular weight excluding hydrogens is 350 g/mol. The number of aryl methyl sites for hydroxylation is 1. The molecule has 0 aromatic carbocycles. The van der Waals surface area contributed by atoms with Crippen molar-refractivity contribution in [3.05, 3.63) is 23.1 Å². The van der Waals surface area contributed by atoms with Crippen LogP contribution >= 0.6 is 0 Å². The van der Waals surface area contributed by atoms with Gasteiger partial charge in [-0.3, -0.25) is 4.40 Å². The van der Waals surface area contributed by atoms with Gasteiger partial charge in [0.15, 0.2) is 0 Å². The van der Waals surface area contributed by atoms with E-state index in [0.717, 1.165) is 43.5 Å². The van der Waals surface area contributed by atoms with Gasteiger partial charge in [-0.1, -0.05) is 0 Å². The summed E-state index contributed by atoms with van der Waals surface area (Å²) < 4.78 is 18.9. The second-order valence-corrected chi connectivity index (χ2v) is 8.19. The van der Waals surface area contributed by atoms with Gasteiger partial charge in [0.05, 0.1) is 24.5 Å². The van der Waals surface area contributed by atoms with Gasteiger partial charge in [0.25, 0.3) is 0 Å². The molecule has 1 N–H and O–H groups in total. The fourth-order valence-electron chi connectivity index (χ4n) is 4.77. The van der Waals surface area contributed by atoms with Gasteiger partial charge in [0.2, 0.25) is 11.7 Å². The van der Waals surface area contributed by atoms with Crippen molar-refractivity contribution < 1.29 is 24.1 Å².